The number of nitrogens with two attached hydrogens (primary N) is 1. The second-order valence-corrected chi connectivity index (χ2v) is 6.86. The van der Waals surface area contributed by atoms with Crippen LogP contribution < -0.4 is 10.5 Å². The van der Waals surface area contributed by atoms with Crippen molar-refractivity contribution < 1.29 is 8.42 Å². The molecule has 1 unspecified atom stereocenters. The maximum absolute atomic E-state index is 12.0. The molecular formula is C12H20N2O2S2. The Kier molecular flexibility index (Phi) is 6.14. The van der Waals surface area contributed by atoms with Gasteiger partial charge in [0.05, 0.1) is 4.90 Å². The Morgan fingerprint density at radius 2 is 2.17 bits per heavy atom. The summed E-state index contributed by atoms with van der Waals surface area (Å²) in [5, 5.41) is 0. The maximum atomic E-state index is 12.0. The number of thioether (sulfide) groups is 1. The van der Waals surface area contributed by atoms with Crippen molar-refractivity contribution in [2.75, 3.05) is 18.6 Å². The summed E-state index contributed by atoms with van der Waals surface area (Å²) in [6.45, 7) is 2.29. The minimum Gasteiger partial charge on any atom is -0.324 e. The Morgan fingerprint density at radius 1 is 1.44 bits per heavy atom. The van der Waals surface area contributed by atoms with Crippen molar-refractivity contribution in [1.82, 2.24) is 4.72 Å². The van der Waals surface area contributed by atoms with Crippen LogP contribution in [0.5, 0.6) is 0 Å². The van der Waals surface area contributed by atoms with Gasteiger partial charge >= 0.3 is 0 Å². The molecule has 4 nitrogen and oxygen atoms in total. The van der Waals surface area contributed by atoms with Gasteiger partial charge in [0.15, 0.2) is 0 Å². The Balaban J connectivity index is 2.75. The van der Waals surface area contributed by atoms with E-state index in [9.17, 15) is 8.42 Å². The molecule has 6 heteroatoms. The molecule has 1 atom stereocenters. The highest BCUT2D eigenvalue weighted by atomic mass is 32.2. The third-order valence-electron chi connectivity index (χ3n) is 2.51. The second-order valence-electron chi connectivity index (χ2n) is 4.11. The molecule has 0 aliphatic heterocycles. The molecular weight excluding hydrogens is 268 g/mol. The summed E-state index contributed by atoms with van der Waals surface area (Å²) < 4.78 is 26.6. The molecule has 0 radical (unpaired) electrons. The third-order valence-corrected chi connectivity index (χ3v) is 4.67. The first-order chi connectivity index (χ1) is 8.47. The Morgan fingerprint density at radius 3 is 2.78 bits per heavy atom. The normalized spacial score (nSPS) is 13.5. The van der Waals surface area contributed by atoms with E-state index in [2.05, 4.69) is 4.72 Å². The van der Waals surface area contributed by atoms with E-state index in [0.29, 0.717) is 6.54 Å². The zero-order valence-corrected chi connectivity index (χ0v) is 12.4. The lowest BCUT2D eigenvalue weighted by Crippen LogP contribution is -2.25. The molecule has 1 aromatic rings. The van der Waals surface area contributed by atoms with Crippen LogP contribution in [0.15, 0.2) is 29.2 Å². The molecule has 0 aliphatic rings. The lowest BCUT2D eigenvalue weighted by Gasteiger charge is -2.10. The third kappa shape index (κ3) is 4.61. The average Bonchev–Trinajstić information content (AvgIpc) is 2.35. The molecule has 0 aliphatic carbocycles. The predicted octanol–water partition coefficient (Wildman–Crippen LogP) is 1.74. The van der Waals surface area contributed by atoms with Gasteiger partial charge in [-0.05, 0) is 43.0 Å². The summed E-state index contributed by atoms with van der Waals surface area (Å²) in [6.07, 6.45) is 2.83. The van der Waals surface area contributed by atoms with Crippen molar-refractivity contribution in [3.8, 4) is 0 Å². The summed E-state index contributed by atoms with van der Waals surface area (Å²) >= 11 is 1.70. The Labute approximate surface area is 113 Å². The SMILES string of the molecule is CSCCCNS(=O)(=O)c1cccc(C(C)N)c1. The van der Waals surface area contributed by atoms with Gasteiger partial charge in [-0.1, -0.05) is 12.1 Å². The number of benzene rings is 1. The summed E-state index contributed by atoms with van der Waals surface area (Å²) in [4.78, 5) is 0.279. The number of hydrogen-bond acceptors (Lipinski definition) is 4. The van der Waals surface area contributed by atoms with Gasteiger partial charge in [0.2, 0.25) is 10.0 Å². The van der Waals surface area contributed by atoms with Crippen LogP contribution in [0.2, 0.25) is 0 Å². The highest BCUT2D eigenvalue weighted by Gasteiger charge is 2.14. The molecule has 0 saturated heterocycles. The van der Waals surface area contributed by atoms with E-state index in [-0.39, 0.29) is 10.9 Å². The molecule has 0 aromatic heterocycles. The van der Waals surface area contributed by atoms with Crippen molar-refractivity contribution >= 4 is 21.8 Å². The standard InChI is InChI=1S/C12H20N2O2S2/c1-10(13)11-5-3-6-12(9-11)18(15,16)14-7-4-8-17-2/h3,5-6,9-10,14H,4,7-8,13H2,1-2H3. The van der Waals surface area contributed by atoms with E-state index in [4.69, 9.17) is 5.73 Å². The minimum absolute atomic E-state index is 0.170. The van der Waals surface area contributed by atoms with Crippen molar-refractivity contribution in [2.24, 2.45) is 5.73 Å². The van der Waals surface area contributed by atoms with Crippen LogP contribution in [0.4, 0.5) is 0 Å². The van der Waals surface area contributed by atoms with Crippen LogP contribution in [-0.2, 0) is 10.0 Å². The van der Waals surface area contributed by atoms with E-state index < -0.39 is 10.0 Å². The van der Waals surface area contributed by atoms with Crippen LogP contribution >= 0.6 is 11.8 Å². The van der Waals surface area contributed by atoms with Gasteiger partial charge in [0.1, 0.15) is 0 Å². The summed E-state index contributed by atoms with van der Waals surface area (Å²) in [7, 11) is -3.41. The summed E-state index contributed by atoms with van der Waals surface area (Å²) in [6, 6.07) is 6.59. The van der Waals surface area contributed by atoms with Gasteiger partial charge in [0, 0.05) is 12.6 Å². The van der Waals surface area contributed by atoms with E-state index in [1.165, 1.54) is 0 Å². The number of hydrogen-bond donors (Lipinski definition) is 2. The predicted molar refractivity (Wildman–Crippen MR) is 77.2 cm³/mol. The first kappa shape index (κ1) is 15.5. The van der Waals surface area contributed by atoms with Crippen molar-refractivity contribution in [1.29, 1.82) is 0 Å². The zero-order valence-electron chi connectivity index (χ0n) is 10.7. The minimum atomic E-state index is -3.41. The van der Waals surface area contributed by atoms with Gasteiger partial charge in [-0.15, -0.1) is 0 Å². The van der Waals surface area contributed by atoms with E-state index in [1.54, 1.807) is 30.0 Å². The topological polar surface area (TPSA) is 72.2 Å². The molecule has 0 bridgehead atoms. The van der Waals surface area contributed by atoms with E-state index in [1.807, 2.05) is 19.2 Å². The molecule has 0 heterocycles. The lowest BCUT2D eigenvalue weighted by atomic mass is 10.1. The second kappa shape index (κ2) is 7.13. The fourth-order valence-electron chi connectivity index (χ4n) is 1.47. The highest BCUT2D eigenvalue weighted by molar-refractivity contribution is 7.98. The number of sulfonamides is 1. The average molecular weight is 288 g/mol. The molecule has 1 aromatic carbocycles. The van der Waals surface area contributed by atoms with Crippen LogP contribution in [0.1, 0.15) is 24.9 Å². The first-order valence-corrected chi connectivity index (χ1v) is 8.69. The molecule has 0 fully saturated rings. The Bertz CT molecular complexity index is 473. The fourth-order valence-corrected chi connectivity index (χ4v) is 3.03. The smallest absolute Gasteiger partial charge is 0.240 e. The monoisotopic (exact) mass is 288 g/mol. The first-order valence-electron chi connectivity index (χ1n) is 5.81. The quantitative estimate of drug-likeness (QED) is 0.750. The van der Waals surface area contributed by atoms with Gasteiger partial charge in [-0.25, -0.2) is 13.1 Å². The van der Waals surface area contributed by atoms with Crippen molar-refractivity contribution in [3.05, 3.63) is 29.8 Å². The molecule has 1 rings (SSSR count). The van der Waals surface area contributed by atoms with Crippen molar-refractivity contribution in [2.45, 2.75) is 24.3 Å². The maximum Gasteiger partial charge on any atom is 0.240 e. The molecule has 3 N–H and O–H groups in total. The van der Waals surface area contributed by atoms with E-state index in [0.717, 1.165) is 17.7 Å². The van der Waals surface area contributed by atoms with Gasteiger partial charge in [-0.3, -0.25) is 0 Å². The van der Waals surface area contributed by atoms with Crippen LogP contribution in [0, 0.1) is 0 Å². The molecule has 0 amide bonds. The van der Waals surface area contributed by atoms with Gasteiger partial charge in [0.25, 0.3) is 0 Å². The van der Waals surface area contributed by atoms with Crippen LogP contribution in [0.25, 0.3) is 0 Å². The molecule has 102 valence electrons. The summed E-state index contributed by atoms with van der Waals surface area (Å²) in [5.41, 5.74) is 6.57. The molecule has 18 heavy (non-hydrogen) atoms. The van der Waals surface area contributed by atoms with Gasteiger partial charge < -0.3 is 5.73 Å². The largest absolute Gasteiger partial charge is 0.324 e. The zero-order chi connectivity index (χ0) is 13.6. The van der Waals surface area contributed by atoms with Crippen molar-refractivity contribution in [3.63, 3.8) is 0 Å². The fraction of sp³-hybridized carbons (Fsp3) is 0.500. The number of rotatable bonds is 7. The number of nitrogens with one attached hydrogen (secondary N) is 1. The lowest BCUT2D eigenvalue weighted by molar-refractivity contribution is 0.581. The van der Waals surface area contributed by atoms with E-state index >= 15 is 0 Å². The Hall–Kier alpha value is -0.560. The molecule has 0 saturated carbocycles. The summed E-state index contributed by atoms with van der Waals surface area (Å²) in [5.74, 6) is 0.947. The van der Waals surface area contributed by atoms with Crippen LogP contribution in [0.3, 0.4) is 0 Å². The highest BCUT2D eigenvalue weighted by Crippen LogP contribution is 2.15. The van der Waals surface area contributed by atoms with Gasteiger partial charge in [-0.2, -0.15) is 11.8 Å². The van der Waals surface area contributed by atoms with Crippen LogP contribution in [-0.4, -0.2) is 27.0 Å². The molecule has 0 spiro atoms.